The lowest BCUT2D eigenvalue weighted by Gasteiger charge is -2.15. The lowest BCUT2D eigenvalue weighted by molar-refractivity contribution is 0.872. The summed E-state index contributed by atoms with van der Waals surface area (Å²) in [6, 6.07) is 15.5. The molecule has 1 atom stereocenters. The van der Waals surface area contributed by atoms with Gasteiger partial charge in [0.05, 0.1) is 16.6 Å². The molecule has 0 amide bonds. The molecule has 100 valence electrons. The van der Waals surface area contributed by atoms with E-state index in [1.165, 1.54) is 0 Å². The highest BCUT2D eigenvalue weighted by atomic mass is 79.9. The van der Waals surface area contributed by atoms with Gasteiger partial charge in [-0.2, -0.15) is 0 Å². The zero-order valence-corrected chi connectivity index (χ0v) is 12.9. The van der Waals surface area contributed by atoms with Crippen LogP contribution in [0.25, 0.3) is 10.9 Å². The van der Waals surface area contributed by atoms with Crippen molar-refractivity contribution in [1.82, 2.24) is 4.98 Å². The minimum Gasteiger partial charge on any atom is -0.320 e. The van der Waals surface area contributed by atoms with Crippen LogP contribution in [0.1, 0.15) is 17.2 Å². The normalized spacial score (nSPS) is 12.6. The summed E-state index contributed by atoms with van der Waals surface area (Å²) in [6.45, 7) is 0. The third-order valence-corrected chi connectivity index (χ3v) is 4.61. The van der Waals surface area contributed by atoms with Gasteiger partial charge in [0.15, 0.2) is 0 Å². The van der Waals surface area contributed by atoms with Gasteiger partial charge < -0.3 is 5.73 Å². The highest BCUT2D eigenvalue weighted by Crippen LogP contribution is 2.32. The Bertz CT molecular complexity index is 773. The Kier molecular flexibility index (Phi) is 3.74. The van der Waals surface area contributed by atoms with Crippen LogP contribution in [-0.4, -0.2) is 4.98 Å². The number of hydrogen-bond acceptors (Lipinski definition) is 2. The number of nitrogens with two attached hydrogens (primary N) is 1. The molecule has 0 spiro atoms. The summed E-state index contributed by atoms with van der Waals surface area (Å²) in [5.41, 5.74) is 9.24. The molecule has 0 radical (unpaired) electrons. The van der Waals surface area contributed by atoms with Crippen molar-refractivity contribution in [3.8, 4) is 0 Å². The molecular weight excluding hydrogens is 336 g/mol. The number of pyridine rings is 1. The molecule has 3 rings (SSSR count). The van der Waals surface area contributed by atoms with Crippen LogP contribution in [0.2, 0.25) is 5.02 Å². The predicted octanol–water partition coefficient (Wildman–Crippen LogP) is 4.70. The summed E-state index contributed by atoms with van der Waals surface area (Å²) in [5, 5.41) is 1.73. The van der Waals surface area contributed by atoms with Crippen LogP contribution in [0.5, 0.6) is 0 Å². The molecule has 2 N–H and O–H groups in total. The molecular formula is C16H12BrClN2. The largest absolute Gasteiger partial charge is 0.320 e. The Hall–Kier alpha value is -1.42. The molecule has 2 nitrogen and oxygen atoms in total. The van der Waals surface area contributed by atoms with Crippen molar-refractivity contribution in [1.29, 1.82) is 0 Å². The number of hydrogen-bond donors (Lipinski definition) is 1. The Morgan fingerprint density at radius 2 is 1.95 bits per heavy atom. The van der Waals surface area contributed by atoms with Crippen LogP contribution in [0.3, 0.4) is 0 Å². The fourth-order valence-corrected chi connectivity index (χ4v) is 2.85. The maximum absolute atomic E-state index is 6.35. The second-order valence-corrected chi connectivity index (χ2v) is 5.81. The second-order valence-electron chi connectivity index (χ2n) is 4.58. The van der Waals surface area contributed by atoms with Gasteiger partial charge in [-0.3, -0.25) is 4.98 Å². The van der Waals surface area contributed by atoms with Crippen LogP contribution in [0, 0.1) is 0 Å². The van der Waals surface area contributed by atoms with E-state index in [9.17, 15) is 0 Å². The predicted molar refractivity (Wildman–Crippen MR) is 86.9 cm³/mol. The molecule has 4 heteroatoms. The lowest BCUT2D eigenvalue weighted by atomic mass is 9.98. The van der Waals surface area contributed by atoms with E-state index in [1.54, 1.807) is 6.20 Å². The van der Waals surface area contributed by atoms with Gasteiger partial charge in [0.1, 0.15) is 0 Å². The molecule has 0 saturated carbocycles. The Morgan fingerprint density at radius 3 is 2.80 bits per heavy atom. The SMILES string of the molecule is NC(c1ccc2ncccc2c1)c1cccc(Br)c1Cl. The highest BCUT2D eigenvalue weighted by molar-refractivity contribution is 9.10. The van der Waals surface area contributed by atoms with Gasteiger partial charge in [-0.25, -0.2) is 0 Å². The molecule has 0 fully saturated rings. The van der Waals surface area contributed by atoms with E-state index in [4.69, 9.17) is 17.3 Å². The van der Waals surface area contributed by atoms with E-state index in [2.05, 4.69) is 27.0 Å². The first-order valence-corrected chi connectivity index (χ1v) is 7.38. The van der Waals surface area contributed by atoms with Gasteiger partial charge in [-0.05, 0) is 51.3 Å². The topological polar surface area (TPSA) is 38.9 Å². The molecule has 2 aromatic carbocycles. The minimum absolute atomic E-state index is 0.260. The third kappa shape index (κ3) is 2.44. The average molecular weight is 348 g/mol. The van der Waals surface area contributed by atoms with Gasteiger partial charge in [0, 0.05) is 16.1 Å². The van der Waals surface area contributed by atoms with Crippen LogP contribution in [-0.2, 0) is 0 Å². The summed E-state index contributed by atoms with van der Waals surface area (Å²) >= 11 is 9.75. The summed E-state index contributed by atoms with van der Waals surface area (Å²) < 4.78 is 0.856. The van der Waals surface area contributed by atoms with Crippen LogP contribution in [0.4, 0.5) is 0 Å². The van der Waals surface area contributed by atoms with Gasteiger partial charge in [-0.1, -0.05) is 35.9 Å². The zero-order valence-electron chi connectivity index (χ0n) is 10.6. The number of halogens is 2. The van der Waals surface area contributed by atoms with E-state index in [-0.39, 0.29) is 6.04 Å². The maximum Gasteiger partial charge on any atom is 0.0702 e. The molecule has 3 aromatic rings. The maximum atomic E-state index is 6.35. The first kappa shape index (κ1) is 13.6. The Morgan fingerprint density at radius 1 is 1.10 bits per heavy atom. The quantitative estimate of drug-likeness (QED) is 0.730. The number of aromatic nitrogens is 1. The van der Waals surface area contributed by atoms with Gasteiger partial charge in [-0.15, -0.1) is 0 Å². The fraction of sp³-hybridized carbons (Fsp3) is 0.0625. The first-order valence-electron chi connectivity index (χ1n) is 6.21. The molecule has 1 aromatic heterocycles. The van der Waals surface area contributed by atoms with E-state index >= 15 is 0 Å². The zero-order chi connectivity index (χ0) is 14.1. The molecule has 0 bridgehead atoms. The summed E-state index contributed by atoms with van der Waals surface area (Å²) in [5.74, 6) is 0. The molecule has 0 saturated heterocycles. The van der Waals surface area contributed by atoms with Crippen molar-refractivity contribution >= 4 is 38.4 Å². The summed E-state index contributed by atoms with van der Waals surface area (Å²) in [6.07, 6.45) is 1.78. The first-order chi connectivity index (χ1) is 9.66. The van der Waals surface area contributed by atoms with Crippen LogP contribution < -0.4 is 5.73 Å². The highest BCUT2D eigenvalue weighted by Gasteiger charge is 2.14. The fourth-order valence-electron chi connectivity index (χ4n) is 2.23. The number of rotatable bonds is 2. The standard InChI is InChI=1S/C16H12BrClN2/c17-13-5-1-4-12(15(13)18)16(19)11-6-7-14-10(9-11)3-2-8-20-14/h1-9,16H,19H2. The van der Waals surface area contributed by atoms with E-state index in [1.807, 2.05) is 42.5 Å². The van der Waals surface area contributed by atoms with Crippen molar-refractivity contribution in [3.05, 3.63) is 75.4 Å². The molecule has 1 unspecified atom stereocenters. The average Bonchev–Trinajstić information content (AvgIpc) is 2.49. The van der Waals surface area contributed by atoms with Crippen molar-refractivity contribution in [3.63, 3.8) is 0 Å². The molecule has 0 aliphatic carbocycles. The Balaban J connectivity index is 2.08. The molecule has 0 aliphatic heterocycles. The van der Waals surface area contributed by atoms with Gasteiger partial charge in [0.2, 0.25) is 0 Å². The summed E-state index contributed by atoms with van der Waals surface area (Å²) in [4.78, 5) is 4.31. The number of fused-ring (bicyclic) bond motifs is 1. The van der Waals surface area contributed by atoms with E-state index in [0.717, 1.165) is 26.5 Å². The molecule has 0 aliphatic rings. The summed E-state index contributed by atoms with van der Waals surface area (Å²) in [7, 11) is 0. The van der Waals surface area contributed by atoms with E-state index in [0.29, 0.717) is 5.02 Å². The lowest BCUT2D eigenvalue weighted by Crippen LogP contribution is -2.12. The van der Waals surface area contributed by atoms with Crippen molar-refractivity contribution in [2.75, 3.05) is 0 Å². The monoisotopic (exact) mass is 346 g/mol. The second kappa shape index (κ2) is 5.52. The van der Waals surface area contributed by atoms with Gasteiger partial charge >= 0.3 is 0 Å². The minimum atomic E-state index is -0.260. The van der Waals surface area contributed by atoms with E-state index < -0.39 is 0 Å². The molecule has 20 heavy (non-hydrogen) atoms. The van der Waals surface area contributed by atoms with Crippen molar-refractivity contribution < 1.29 is 0 Å². The third-order valence-electron chi connectivity index (χ3n) is 3.30. The van der Waals surface area contributed by atoms with Crippen molar-refractivity contribution in [2.24, 2.45) is 5.73 Å². The number of benzene rings is 2. The van der Waals surface area contributed by atoms with Gasteiger partial charge in [0.25, 0.3) is 0 Å². The molecule has 1 heterocycles. The smallest absolute Gasteiger partial charge is 0.0702 e. The Labute approximate surface area is 130 Å². The van der Waals surface area contributed by atoms with Crippen LogP contribution in [0.15, 0.2) is 59.2 Å². The van der Waals surface area contributed by atoms with Crippen molar-refractivity contribution in [2.45, 2.75) is 6.04 Å². The number of nitrogens with zero attached hydrogens (tertiary/aromatic N) is 1. The van der Waals surface area contributed by atoms with Crippen LogP contribution >= 0.6 is 27.5 Å².